The standard InChI is InChI=1S/C10H12N2OS/c1-8(5-6-11)12(2)10(13)9-4-3-7-14-9/h3-4,7-8H,5H2,1-2H3. The molecule has 0 spiro atoms. The Kier molecular flexibility index (Phi) is 3.66. The Hall–Kier alpha value is -1.34. The van der Waals surface area contributed by atoms with Gasteiger partial charge in [-0.2, -0.15) is 5.26 Å². The van der Waals surface area contributed by atoms with Crippen LogP contribution in [0.2, 0.25) is 0 Å². The number of thiophene rings is 1. The van der Waals surface area contributed by atoms with Gasteiger partial charge in [0.2, 0.25) is 0 Å². The van der Waals surface area contributed by atoms with E-state index in [9.17, 15) is 4.79 Å². The van der Waals surface area contributed by atoms with E-state index in [4.69, 9.17) is 5.26 Å². The average molecular weight is 208 g/mol. The van der Waals surface area contributed by atoms with Crippen molar-refractivity contribution in [2.75, 3.05) is 7.05 Å². The van der Waals surface area contributed by atoms with E-state index >= 15 is 0 Å². The second-order valence-electron chi connectivity index (χ2n) is 3.10. The molecule has 0 N–H and O–H groups in total. The van der Waals surface area contributed by atoms with Crippen molar-refractivity contribution in [1.29, 1.82) is 5.26 Å². The fraction of sp³-hybridized carbons (Fsp3) is 0.400. The zero-order chi connectivity index (χ0) is 10.6. The molecule has 1 amide bonds. The van der Waals surface area contributed by atoms with Gasteiger partial charge in [-0.25, -0.2) is 0 Å². The largest absolute Gasteiger partial charge is 0.337 e. The molecule has 1 heterocycles. The summed E-state index contributed by atoms with van der Waals surface area (Å²) in [6, 6.07) is 5.67. The number of hydrogen-bond acceptors (Lipinski definition) is 3. The summed E-state index contributed by atoms with van der Waals surface area (Å²) in [6.45, 7) is 1.87. The van der Waals surface area contributed by atoms with Crippen LogP contribution in [0.15, 0.2) is 17.5 Å². The van der Waals surface area contributed by atoms with Crippen molar-refractivity contribution in [3.63, 3.8) is 0 Å². The second-order valence-corrected chi connectivity index (χ2v) is 4.05. The Morgan fingerprint density at radius 2 is 2.50 bits per heavy atom. The summed E-state index contributed by atoms with van der Waals surface area (Å²) < 4.78 is 0. The summed E-state index contributed by atoms with van der Waals surface area (Å²) in [5.41, 5.74) is 0. The lowest BCUT2D eigenvalue weighted by Gasteiger charge is -2.22. The van der Waals surface area contributed by atoms with Gasteiger partial charge in [0.1, 0.15) is 0 Å². The normalized spacial score (nSPS) is 11.8. The molecule has 0 aliphatic carbocycles. The van der Waals surface area contributed by atoms with E-state index in [1.807, 2.05) is 18.4 Å². The Bertz CT molecular complexity index is 340. The lowest BCUT2D eigenvalue weighted by atomic mass is 10.2. The van der Waals surface area contributed by atoms with E-state index in [0.717, 1.165) is 4.88 Å². The molecule has 0 saturated carbocycles. The van der Waals surface area contributed by atoms with Crippen LogP contribution in [0.25, 0.3) is 0 Å². The predicted octanol–water partition coefficient (Wildman–Crippen LogP) is 2.12. The van der Waals surface area contributed by atoms with E-state index in [2.05, 4.69) is 6.07 Å². The molecule has 0 bridgehead atoms. The molecule has 0 aliphatic rings. The summed E-state index contributed by atoms with van der Waals surface area (Å²) in [7, 11) is 1.73. The average Bonchev–Trinajstić information content (AvgIpc) is 2.68. The van der Waals surface area contributed by atoms with Crippen molar-refractivity contribution in [3.8, 4) is 6.07 Å². The molecule has 0 saturated heterocycles. The van der Waals surface area contributed by atoms with Crippen LogP contribution in [-0.2, 0) is 0 Å². The lowest BCUT2D eigenvalue weighted by Crippen LogP contribution is -2.34. The number of nitriles is 1. The van der Waals surface area contributed by atoms with E-state index in [0.29, 0.717) is 6.42 Å². The number of nitrogens with zero attached hydrogens (tertiary/aromatic N) is 2. The molecule has 3 nitrogen and oxygen atoms in total. The maximum atomic E-state index is 11.7. The topological polar surface area (TPSA) is 44.1 Å². The molecule has 1 atom stereocenters. The van der Waals surface area contributed by atoms with Crippen molar-refractivity contribution in [2.45, 2.75) is 19.4 Å². The van der Waals surface area contributed by atoms with Crippen molar-refractivity contribution >= 4 is 17.2 Å². The Balaban J connectivity index is 2.67. The smallest absolute Gasteiger partial charge is 0.263 e. The van der Waals surface area contributed by atoms with Crippen molar-refractivity contribution < 1.29 is 4.79 Å². The summed E-state index contributed by atoms with van der Waals surface area (Å²) in [4.78, 5) is 14.1. The Morgan fingerprint density at radius 1 is 1.79 bits per heavy atom. The molecule has 1 rings (SSSR count). The zero-order valence-electron chi connectivity index (χ0n) is 8.23. The van der Waals surface area contributed by atoms with E-state index < -0.39 is 0 Å². The molecular formula is C10H12N2OS. The van der Waals surface area contributed by atoms with Gasteiger partial charge in [-0.05, 0) is 18.4 Å². The zero-order valence-corrected chi connectivity index (χ0v) is 9.04. The van der Waals surface area contributed by atoms with Gasteiger partial charge >= 0.3 is 0 Å². The molecule has 0 fully saturated rings. The van der Waals surface area contributed by atoms with Crippen LogP contribution in [0.3, 0.4) is 0 Å². The van der Waals surface area contributed by atoms with Gasteiger partial charge in [0.15, 0.2) is 0 Å². The van der Waals surface area contributed by atoms with Crippen LogP contribution >= 0.6 is 11.3 Å². The third-order valence-electron chi connectivity index (χ3n) is 2.10. The first kappa shape index (κ1) is 10.7. The molecular weight excluding hydrogens is 196 g/mol. The molecule has 0 aromatic carbocycles. The molecule has 4 heteroatoms. The molecule has 0 aliphatic heterocycles. The number of carbonyl (C=O) groups is 1. The third kappa shape index (κ3) is 2.33. The lowest BCUT2D eigenvalue weighted by molar-refractivity contribution is 0.0751. The van der Waals surface area contributed by atoms with Crippen LogP contribution in [0.4, 0.5) is 0 Å². The van der Waals surface area contributed by atoms with E-state index in [1.54, 1.807) is 18.0 Å². The van der Waals surface area contributed by atoms with Gasteiger partial charge in [0.25, 0.3) is 5.91 Å². The first-order valence-corrected chi connectivity index (χ1v) is 5.22. The maximum absolute atomic E-state index is 11.7. The number of hydrogen-bond donors (Lipinski definition) is 0. The van der Waals surface area contributed by atoms with Gasteiger partial charge in [0.05, 0.1) is 17.4 Å². The highest BCUT2D eigenvalue weighted by Crippen LogP contribution is 2.13. The van der Waals surface area contributed by atoms with Crippen LogP contribution in [0.1, 0.15) is 23.0 Å². The summed E-state index contributed by atoms with van der Waals surface area (Å²) in [6.07, 6.45) is 0.369. The van der Waals surface area contributed by atoms with Gasteiger partial charge < -0.3 is 4.90 Å². The summed E-state index contributed by atoms with van der Waals surface area (Å²) in [5, 5.41) is 10.4. The minimum atomic E-state index is -0.0328. The monoisotopic (exact) mass is 208 g/mol. The highest BCUT2D eigenvalue weighted by molar-refractivity contribution is 7.12. The Morgan fingerprint density at radius 3 is 3.00 bits per heavy atom. The van der Waals surface area contributed by atoms with Crippen molar-refractivity contribution in [2.24, 2.45) is 0 Å². The van der Waals surface area contributed by atoms with Crippen molar-refractivity contribution in [3.05, 3.63) is 22.4 Å². The van der Waals surface area contributed by atoms with Crippen molar-refractivity contribution in [1.82, 2.24) is 4.90 Å². The van der Waals surface area contributed by atoms with Crippen LogP contribution in [0.5, 0.6) is 0 Å². The first-order valence-electron chi connectivity index (χ1n) is 4.34. The van der Waals surface area contributed by atoms with Gasteiger partial charge in [-0.3, -0.25) is 4.79 Å². The fourth-order valence-corrected chi connectivity index (χ4v) is 1.75. The van der Waals surface area contributed by atoms with E-state index in [1.165, 1.54) is 11.3 Å². The van der Waals surface area contributed by atoms with Gasteiger partial charge in [-0.1, -0.05) is 6.07 Å². The Labute approximate surface area is 87.6 Å². The quantitative estimate of drug-likeness (QED) is 0.763. The van der Waals surface area contributed by atoms with Crippen LogP contribution in [0, 0.1) is 11.3 Å². The van der Waals surface area contributed by atoms with Gasteiger partial charge in [-0.15, -0.1) is 11.3 Å². The molecule has 1 unspecified atom stereocenters. The van der Waals surface area contributed by atoms with Crippen LogP contribution in [-0.4, -0.2) is 23.9 Å². The molecule has 1 aromatic rings. The number of carbonyl (C=O) groups excluding carboxylic acids is 1. The number of rotatable bonds is 3. The maximum Gasteiger partial charge on any atom is 0.263 e. The fourth-order valence-electron chi connectivity index (χ4n) is 1.04. The molecule has 74 valence electrons. The van der Waals surface area contributed by atoms with E-state index in [-0.39, 0.29) is 11.9 Å². The molecule has 1 aromatic heterocycles. The second kappa shape index (κ2) is 4.77. The number of amides is 1. The minimum Gasteiger partial charge on any atom is -0.337 e. The minimum absolute atomic E-state index is 0.0113. The van der Waals surface area contributed by atoms with Crippen LogP contribution < -0.4 is 0 Å². The highest BCUT2D eigenvalue weighted by Gasteiger charge is 2.17. The highest BCUT2D eigenvalue weighted by atomic mass is 32.1. The first-order chi connectivity index (χ1) is 6.66. The SMILES string of the molecule is CC(CC#N)N(C)C(=O)c1cccs1. The third-order valence-corrected chi connectivity index (χ3v) is 2.96. The molecule has 14 heavy (non-hydrogen) atoms. The predicted molar refractivity (Wildman–Crippen MR) is 56.1 cm³/mol. The summed E-state index contributed by atoms with van der Waals surface area (Å²) >= 11 is 1.42. The summed E-state index contributed by atoms with van der Waals surface area (Å²) in [5.74, 6) is -0.0113. The van der Waals surface area contributed by atoms with Gasteiger partial charge in [0, 0.05) is 13.1 Å². The molecule has 0 radical (unpaired) electrons.